The molecule has 1 fully saturated rings. The number of nitrogens with zero attached hydrogens (tertiary/aromatic N) is 3. The largest absolute Gasteiger partial charge is 0.381 e. The van der Waals surface area contributed by atoms with Crippen molar-refractivity contribution in [3.8, 4) is 0 Å². The lowest BCUT2D eigenvalue weighted by atomic mass is 10.1. The Hall–Kier alpha value is -1.69. The second-order valence-corrected chi connectivity index (χ2v) is 4.59. The number of ether oxygens (including phenoxy) is 1. The third-order valence-electron chi connectivity index (χ3n) is 3.29. The van der Waals surface area contributed by atoms with E-state index >= 15 is 0 Å². The Balaban J connectivity index is 1.77. The highest BCUT2D eigenvalue weighted by Crippen LogP contribution is 2.23. The molecule has 96 valence electrons. The van der Waals surface area contributed by atoms with Gasteiger partial charge in [0.2, 0.25) is 5.89 Å². The lowest BCUT2D eigenvalue weighted by Gasteiger charge is -1.97. The third kappa shape index (κ3) is 2.03. The molecule has 18 heavy (non-hydrogen) atoms. The maximum absolute atomic E-state index is 5.32. The molecule has 2 aromatic heterocycles. The van der Waals surface area contributed by atoms with E-state index in [-0.39, 0.29) is 5.92 Å². The predicted molar refractivity (Wildman–Crippen MR) is 61.3 cm³/mol. The van der Waals surface area contributed by atoms with Gasteiger partial charge in [-0.1, -0.05) is 10.3 Å². The molecule has 3 rings (SSSR count). The highest BCUT2D eigenvalue weighted by molar-refractivity contribution is 5.24. The van der Waals surface area contributed by atoms with E-state index in [0.29, 0.717) is 18.9 Å². The summed E-state index contributed by atoms with van der Waals surface area (Å²) in [6.07, 6.45) is 1.53. The van der Waals surface area contributed by atoms with Crippen molar-refractivity contribution in [3.63, 3.8) is 0 Å². The van der Waals surface area contributed by atoms with Crippen molar-refractivity contribution in [1.82, 2.24) is 15.3 Å². The molecule has 1 saturated heterocycles. The number of aromatic nitrogens is 3. The average Bonchev–Trinajstić information content (AvgIpc) is 3.06. The van der Waals surface area contributed by atoms with Crippen LogP contribution >= 0.6 is 0 Å². The molecule has 0 unspecified atom stereocenters. The monoisotopic (exact) mass is 249 g/mol. The van der Waals surface area contributed by atoms with E-state index in [2.05, 4.69) is 15.3 Å². The van der Waals surface area contributed by atoms with Gasteiger partial charge in [-0.15, -0.1) is 0 Å². The Morgan fingerprint density at radius 1 is 1.22 bits per heavy atom. The standard InChI is InChI=1S/C12H15N3O3/c1-7-10(8(2)17-14-7)5-11-13-12(15-18-11)9-3-4-16-6-9/h9H,3-6H2,1-2H3/t9-/m1/s1. The maximum atomic E-state index is 5.32. The van der Waals surface area contributed by atoms with Crippen molar-refractivity contribution >= 4 is 0 Å². The molecular weight excluding hydrogens is 234 g/mol. The van der Waals surface area contributed by atoms with Gasteiger partial charge in [0, 0.05) is 18.1 Å². The molecule has 1 aliphatic rings. The van der Waals surface area contributed by atoms with Crippen molar-refractivity contribution < 1.29 is 13.8 Å². The van der Waals surface area contributed by atoms with Crippen molar-refractivity contribution in [2.75, 3.05) is 13.2 Å². The highest BCUT2D eigenvalue weighted by Gasteiger charge is 2.23. The Morgan fingerprint density at radius 3 is 2.78 bits per heavy atom. The second-order valence-electron chi connectivity index (χ2n) is 4.59. The molecule has 0 bridgehead atoms. The molecule has 3 heterocycles. The molecule has 0 amide bonds. The van der Waals surface area contributed by atoms with Crippen LogP contribution in [0.3, 0.4) is 0 Å². The zero-order chi connectivity index (χ0) is 12.5. The number of hydrogen-bond acceptors (Lipinski definition) is 6. The second kappa shape index (κ2) is 4.53. The van der Waals surface area contributed by atoms with E-state index in [1.807, 2.05) is 13.8 Å². The van der Waals surface area contributed by atoms with Crippen LogP contribution in [0.1, 0.15) is 41.1 Å². The minimum Gasteiger partial charge on any atom is -0.381 e. The van der Waals surface area contributed by atoms with Gasteiger partial charge < -0.3 is 13.8 Å². The zero-order valence-electron chi connectivity index (χ0n) is 10.5. The van der Waals surface area contributed by atoms with E-state index in [9.17, 15) is 0 Å². The Bertz CT molecular complexity index is 521. The van der Waals surface area contributed by atoms with Crippen LogP contribution < -0.4 is 0 Å². The van der Waals surface area contributed by atoms with Gasteiger partial charge in [-0.25, -0.2) is 0 Å². The number of aryl methyl sites for hydroxylation is 2. The fraction of sp³-hybridized carbons (Fsp3) is 0.583. The first kappa shape index (κ1) is 11.4. The van der Waals surface area contributed by atoms with Gasteiger partial charge in [0.1, 0.15) is 5.76 Å². The molecular formula is C12H15N3O3. The molecule has 2 aromatic rings. The molecule has 0 saturated carbocycles. The lowest BCUT2D eigenvalue weighted by Crippen LogP contribution is -2.00. The van der Waals surface area contributed by atoms with E-state index in [1.54, 1.807) is 0 Å². The number of hydrogen-bond donors (Lipinski definition) is 0. The van der Waals surface area contributed by atoms with E-state index in [1.165, 1.54) is 0 Å². The van der Waals surface area contributed by atoms with Crippen LogP contribution in [-0.2, 0) is 11.2 Å². The first-order valence-corrected chi connectivity index (χ1v) is 6.06. The van der Waals surface area contributed by atoms with Crippen LogP contribution in [0.25, 0.3) is 0 Å². The highest BCUT2D eigenvalue weighted by atomic mass is 16.5. The van der Waals surface area contributed by atoms with E-state index in [4.69, 9.17) is 13.8 Å². The predicted octanol–water partition coefficient (Wildman–Crippen LogP) is 1.77. The van der Waals surface area contributed by atoms with Crippen LogP contribution in [0, 0.1) is 13.8 Å². The third-order valence-corrected chi connectivity index (χ3v) is 3.29. The smallest absolute Gasteiger partial charge is 0.231 e. The van der Waals surface area contributed by atoms with Crippen molar-refractivity contribution in [3.05, 3.63) is 28.7 Å². The Labute approximate surface area is 104 Å². The normalized spacial score (nSPS) is 19.6. The topological polar surface area (TPSA) is 74.2 Å². The van der Waals surface area contributed by atoms with Crippen molar-refractivity contribution in [2.24, 2.45) is 0 Å². The van der Waals surface area contributed by atoms with E-state index < -0.39 is 0 Å². The lowest BCUT2D eigenvalue weighted by molar-refractivity contribution is 0.192. The Morgan fingerprint density at radius 2 is 2.11 bits per heavy atom. The molecule has 0 spiro atoms. The fourth-order valence-corrected chi connectivity index (χ4v) is 2.15. The molecule has 6 heteroatoms. The van der Waals surface area contributed by atoms with Gasteiger partial charge in [-0.2, -0.15) is 4.98 Å². The molecule has 1 aliphatic heterocycles. The van der Waals surface area contributed by atoms with Crippen molar-refractivity contribution in [2.45, 2.75) is 32.6 Å². The summed E-state index contributed by atoms with van der Waals surface area (Å²) in [4.78, 5) is 4.42. The van der Waals surface area contributed by atoms with Gasteiger partial charge in [-0.05, 0) is 20.3 Å². The summed E-state index contributed by atoms with van der Waals surface area (Å²) in [6, 6.07) is 0. The first-order chi connectivity index (χ1) is 8.74. The minimum absolute atomic E-state index is 0.271. The summed E-state index contributed by atoms with van der Waals surface area (Å²) in [7, 11) is 0. The molecule has 0 N–H and O–H groups in total. The first-order valence-electron chi connectivity index (χ1n) is 6.06. The summed E-state index contributed by atoms with van der Waals surface area (Å²) < 4.78 is 15.7. The molecule has 1 atom stereocenters. The number of rotatable bonds is 3. The van der Waals surface area contributed by atoms with Crippen molar-refractivity contribution in [1.29, 1.82) is 0 Å². The Kier molecular flexibility index (Phi) is 2.87. The molecule has 0 aromatic carbocycles. The summed E-state index contributed by atoms with van der Waals surface area (Å²) >= 11 is 0. The van der Waals surface area contributed by atoms with Crippen LogP contribution in [0.15, 0.2) is 9.05 Å². The summed E-state index contributed by atoms with van der Waals surface area (Å²) in [5.41, 5.74) is 1.89. The molecule has 0 aliphatic carbocycles. The van der Waals surface area contributed by atoms with Crippen LogP contribution in [0.2, 0.25) is 0 Å². The van der Waals surface area contributed by atoms with Gasteiger partial charge in [-0.3, -0.25) is 0 Å². The SMILES string of the molecule is Cc1noc(C)c1Cc1nc([C@@H]2CCOC2)no1. The van der Waals surface area contributed by atoms with E-state index in [0.717, 1.165) is 35.9 Å². The van der Waals surface area contributed by atoms with Gasteiger partial charge in [0.15, 0.2) is 5.82 Å². The van der Waals surface area contributed by atoms with Crippen LogP contribution in [-0.4, -0.2) is 28.5 Å². The maximum Gasteiger partial charge on any atom is 0.231 e. The minimum atomic E-state index is 0.271. The van der Waals surface area contributed by atoms with Gasteiger partial charge >= 0.3 is 0 Å². The fourth-order valence-electron chi connectivity index (χ4n) is 2.15. The summed E-state index contributed by atoms with van der Waals surface area (Å²) in [6.45, 7) is 5.26. The summed E-state index contributed by atoms with van der Waals surface area (Å²) in [5.74, 6) is 2.42. The molecule has 0 radical (unpaired) electrons. The van der Waals surface area contributed by atoms with Crippen LogP contribution in [0.5, 0.6) is 0 Å². The summed E-state index contributed by atoms with van der Waals surface area (Å²) in [5, 5.41) is 7.93. The molecule has 6 nitrogen and oxygen atoms in total. The van der Waals surface area contributed by atoms with Crippen LogP contribution in [0.4, 0.5) is 0 Å². The average molecular weight is 249 g/mol. The quantitative estimate of drug-likeness (QED) is 0.825. The van der Waals surface area contributed by atoms with Gasteiger partial charge in [0.25, 0.3) is 0 Å². The van der Waals surface area contributed by atoms with Gasteiger partial charge in [0.05, 0.1) is 18.7 Å². The zero-order valence-corrected chi connectivity index (χ0v) is 10.5.